The maximum Gasteiger partial charge on any atom is 2.00 e. The molecule has 1 N–H and O–H groups in total. The second-order valence-corrected chi connectivity index (χ2v) is 5.76. The van der Waals surface area contributed by atoms with Gasteiger partial charge in [0, 0.05) is 17.6 Å². The fourth-order valence-corrected chi connectivity index (χ4v) is 2.27. The van der Waals surface area contributed by atoms with E-state index in [1.54, 1.807) is 0 Å². The van der Waals surface area contributed by atoms with Crippen molar-refractivity contribution in [2.75, 3.05) is 18.1 Å². The van der Waals surface area contributed by atoms with Gasteiger partial charge < -0.3 is 7.59 Å². The van der Waals surface area contributed by atoms with Gasteiger partial charge in [-0.05, 0) is 6.92 Å². The molecular weight excluding hydrogens is 265 g/mol. The van der Waals surface area contributed by atoms with Gasteiger partial charge in [-0.15, -0.1) is 0 Å². The largest absolute Gasteiger partial charge is 2.00 e. The normalized spacial score (nSPS) is 12.4. The number of carbonyl (C=O) groups is 1. The molecule has 0 aliphatic carbocycles. The van der Waals surface area contributed by atoms with E-state index in [-0.39, 0.29) is 38.3 Å². The van der Waals surface area contributed by atoms with Crippen LogP contribution in [0.1, 0.15) is 9.78 Å². The van der Waals surface area contributed by atoms with E-state index in [0.717, 1.165) is 6.08 Å². The molecule has 0 bridgehead atoms. The van der Waals surface area contributed by atoms with Crippen molar-refractivity contribution in [2.45, 2.75) is 12.2 Å². The second kappa shape index (κ2) is 9.29. The average molecular weight is 281 g/mol. The molecule has 0 aromatic heterocycles. The third-order valence-corrected chi connectivity index (χ3v) is 4.09. The molecule has 1 atom stereocenters. The molecular formula is C8H16MgO5S2. The van der Waals surface area contributed by atoms with Gasteiger partial charge in [0.1, 0.15) is 6.61 Å². The third kappa shape index (κ3) is 9.46. The van der Waals surface area contributed by atoms with Gasteiger partial charge in [0.25, 0.3) is 10.1 Å². The molecule has 92 valence electrons. The van der Waals surface area contributed by atoms with Crippen molar-refractivity contribution in [3.8, 4) is 0 Å². The minimum atomic E-state index is -3.96. The number of ether oxygens (including phenoxy) is 1. The Balaban J connectivity index is -0.000000327. The summed E-state index contributed by atoms with van der Waals surface area (Å²) in [6.07, 6.45) is 1.06. The molecule has 8 heteroatoms. The quantitative estimate of drug-likeness (QED) is 0.241. The van der Waals surface area contributed by atoms with E-state index >= 15 is 0 Å². The van der Waals surface area contributed by atoms with Gasteiger partial charge in [-0.3, -0.25) is 4.55 Å². The average Bonchev–Trinajstić information content (AvgIpc) is 2.15. The molecule has 0 aromatic carbocycles. The zero-order valence-corrected chi connectivity index (χ0v) is 12.1. The van der Waals surface area contributed by atoms with Crippen LogP contribution in [0.2, 0.25) is 0 Å². The van der Waals surface area contributed by atoms with Gasteiger partial charge >= 0.3 is 29.0 Å². The Hall–Kier alpha value is 0.236. The van der Waals surface area contributed by atoms with E-state index < -0.39 is 21.3 Å². The van der Waals surface area contributed by atoms with Crippen LogP contribution in [0.25, 0.3) is 0 Å². The van der Waals surface area contributed by atoms with E-state index in [2.05, 4.69) is 11.3 Å². The van der Waals surface area contributed by atoms with Gasteiger partial charge in [-0.2, -0.15) is 20.2 Å². The van der Waals surface area contributed by atoms with Crippen molar-refractivity contribution in [1.29, 1.82) is 0 Å². The number of hydrogen-bond acceptors (Lipinski definition) is 5. The van der Waals surface area contributed by atoms with Crippen LogP contribution in [-0.2, 0) is 19.6 Å². The van der Waals surface area contributed by atoms with E-state index in [1.165, 1.54) is 18.7 Å². The first kappa shape index (κ1) is 18.6. The number of thioether (sulfide) groups is 1. The van der Waals surface area contributed by atoms with Gasteiger partial charge in [-0.25, -0.2) is 4.79 Å². The van der Waals surface area contributed by atoms with Crippen molar-refractivity contribution in [3.63, 3.8) is 0 Å². The Labute approximate surface area is 119 Å². The van der Waals surface area contributed by atoms with Crippen LogP contribution in [0.3, 0.4) is 0 Å². The Bertz CT molecular complexity index is 323. The molecule has 0 fully saturated rings. The summed E-state index contributed by atoms with van der Waals surface area (Å²) in [6, 6.07) is 0. The first-order valence-electron chi connectivity index (χ1n) is 4.21. The SMILES string of the molecule is C=CC(=O)OCCSCC(C)S(=O)(=O)O.[H-].[H-].[Mg+2]. The Kier molecular flexibility index (Phi) is 10.8. The maximum absolute atomic E-state index is 10.6. The van der Waals surface area contributed by atoms with Crippen molar-refractivity contribution < 1.29 is 25.4 Å². The molecule has 1 unspecified atom stereocenters. The van der Waals surface area contributed by atoms with Crippen molar-refractivity contribution in [2.24, 2.45) is 0 Å². The molecule has 5 nitrogen and oxygen atoms in total. The molecule has 0 radical (unpaired) electrons. The number of esters is 1. The molecule has 0 aliphatic rings. The van der Waals surface area contributed by atoms with Crippen molar-refractivity contribution in [3.05, 3.63) is 12.7 Å². The monoisotopic (exact) mass is 280 g/mol. The summed E-state index contributed by atoms with van der Waals surface area (Å²) in [5, 5.41) is -0.808. The van der Waals surface area contributed by atoms with E-state index in [9.17, 15) is 13.2 Å². The van der Waals surface area contributed by atoms with Crippen LogP contribution < -0.4 is 0 Å². The summed E-state index contributed by atoms with van der Waals surface area (Å²) in [7, 11) is -3.96. The fourth-order valence-electron chi connectivity index (χ4n) is 0.595. The predicted molar refractivity (Wildman–Crippen MR) is 67.5 cm³/mol. The smallest absolute Gasteiger partial charge is 1.00 e. The topological polar surface area (TPSA) is 80.7 Å². The maximum atomic E-state index is 10.6. The standard InChI is InChI=1S/C8H14O5S2.Mg.2H/c1-3-8(9)13-4-5-14-6-7(2)15(10,11)12;;;/h3,7H,1,4-6H2,2H3,(H,10,11,12);;;/q;+2;2*-1. The molecule has 0 heterocycles. The Morgan fingerprint density at radius 1 is 1.69 bits per heavy atom. The van der Waals surface area contributed by atoms with Gasteiger partial charge in [0.05, 0.1) is 5.25 Å². The van der Waals surface area contributed by atoms with Crippen LogP contribution in [0.15, 0.2) is 12.7 Å². The van der Waals surface area contributed by atoms with Crippen LogP contribution in [0.4, 0.5) is 0 Å². The molecule has 0 aromatic rings. The van der Waals surface area contributed by atoms with E-state index in [1.807, 2.05) is 0 Å². The van der Waals surface area contributed by atoms with Gasteiger partial charge in [0.15, 0.2) is 0 Å². The summed E-state index contributed by atoms with van der Waals surface area (Å²) >= 11 is 1.29. The van der Waals surface area contributed by atoms with E-state index in [4.69, 9.17) is 4.55 Å². The summed E-state index contributed by atoms with van der Waals surface area (Å²) < 4.78 is 34.5. The van der Waals surface area contributed by atoms with Crippen LogP contribution in [0.5, 0.6) is 0 Å². The zero-order valence-electron chi connectivity index (χ0n) is 11.1. The number of carbonyl (C=O) groups excluding carboxylic acids is 1. The van der Waals surface area contributed by atoms with Crippen LogP contribution >= 0.6 is 11.8 Å². The summed E-state index contributed by atoms with van der Waals surface area (Å²) in [6.45, 7) is 4.84. The minimum Gasteiger partial charge on any atom is -1.00 e. The molecule has 0 saturated heterocycles. The molecule has 0 saturated carbocycles. The van der Waals surface area contributed by atoms with Gasteiger partial charge in [-0.1, -0.05) is 6.58 Å². The summed E-state index contributed by atoms with van der Waals surface area (Å²) in [5.74, 6) is 0.252. The number of hydrogen-bond donors (Lipinski definition) is 1. The molecule has 16 heavy (non-hydrogen) atoms. The summed E-state index contributed by atoms with van der Waals surface area (Å²) in [4.78, 5) is 10.6. The molecule has 0 rings (SSSR count). The molecule has 0 spiro atoms. The van der Waals surface area contributed by atoms with Gasteiger partial charge in [0.2, 0.25) is 0 Å². The van der Waals surface area contributed by atoms with Crippen molar-refractivity contribution in [1.82, 2.24) is 0 Å². The van der Waals surface area contributed by atoms with Crippen LogP contribution in [-0.4, -0.2) is 65.4 Å². The second-order valence-electron chi connectivity index (χ2n) is 2.77. The first-order valence-corrected chi connectivity index (χ1v) is 6.87. The Morgan fingerprint density at radius 2 is 2.25 bits per heavy atom. The zero-order chi connectivity index (χ0) is 11.9. The number of rotatable bonds is 7. The van der Waals surface area contributed by atoms with Crippen molar-refractivity contribution >= 4 is 50.9 Å². The minimum absolute atomic E-state index is 0. The first-order chi connectivity index (χ1) is 6.88. The third-order valence-electron chi connectivity index (χ3n) is 1.50. The molecule has 0 amide bonds. The fraction of sp³-hybridized carbons (Fsp3) is 0.625. The predicted octanol–water partition coefficient (Wildman–Crippen LogP) is 0.569. The summed E-state index contributed by atoms with van der Waals surface area (Å²) in [5.41, 5.74) is 0. The molecule has 0 aliphatic heterocycles. The van der Waals surface area contributed by atoms with E-state index in [0.29, 0.717) is 5.75 Å². The van der Waals surface area contributed by atoms with Crippen LogP contribution in [0, 0.1) is 0 Å². The Morgan fingerprint density at radius 3 is 2.69 bits per heavy atom.